The highest BCUT2D eigenvalue weighted by molar-refractivity contribution is 8.14. The molecule has 1 N–H and O–H groups in total. The van der Waals surface area contributed by atoms with E-state index < -0.39 is 0 Å². The quantitative estimate of drug-likeness (QED) is 0.904. The zero-order chi connectivity index (χ0) is 14.7. The fraction of sp³-hybridized carbons (Fsp3) is 0.706. The second-order valence-corrected chi connectivity index (χ2v) is 7.74. The van der Waals surface area contributed by atoms with E-state index in [1.807, 2.05) is 23.9 Å². The predicted molar refractivity (Wildman–Crippen MR) is 89.9 cm³/mol. The van der Waals surface area contributed by atoms with Crippen molar-refractivity contribution in [2.75, 3.05) is 5.75 Å². The van der Waals surface area contributed by atoms with Crippen LogP contribution < -0.4 is 5.32 Å². The van der Waals surface area contributed by atoms with E-state index >= 15 is 0 Å². The molecule has 1 unspecified atom stereocenters. The van der Waals surface area contributed by atoms with E-state index in [0.717, 1.165) is 29.7 Å². The fourth-order valence-electron chi connectivity index (χ4n) is 3.23. The van der Waals surface area contributed by atoms with Crippen molar-refractivity contribution in [3.8, 4) is 0 Å². The first-order chi connectivity index (χ1) is 10.2. The molecule has 2 aliphatic rings. The van der Waals surface area contributed by atoms with E-state index in [9.17, 15) is 0 Å². The number of furan rings is 1. The van der Waals surface area contributed by atoms with Gasteiger partial charge in [0.1, 0.15) is 5.76 Å². The molecule has 1 saturated heterocycles. The summed E-state index contributed by atoms with van der Waals surface area (Å²) in [5.74, 6) is 3.16. The molecule has 1 aromatic rings. The van der Waals surface area contributed by atoms with Crippen molar-refractivity contribution >= 4 is 16.9 Å². The van der Waals surface area contributed by atoms with Gasteiger partial charge in [-0.2, -0.15) is 0 Å². The molecule has 1 spiro atoms. The van der Waals surface area contributed by atoms with Crippen molar-refractivity contribution in [1.29, 1.82) is 0 Å². The second kappa shape index (κ2) is 6.47. The number of rotatable bonds is 4. The lowest BCUT2D eigenvalue weighted by atomic mass is 9.78. The van der Waals surface area contributed by atoms with Gasteiger partial charge < -0.3 is 9.73 Å². The summed E-state index contributed by atoms with van der Waals surface area (Å²) < 4.78 is 5.38. The third-order valence-corrected chi connectivity index (χ3v) is 5.99. The lowest BCUT2D eigenvalue weighted by molar-refractivity contribution is 0.250. The van der Waals surface area contributed by atoms with Crippen molar-refractivity contribution in [2.24, 2.45) is 10.9 Å². The third kappa shape index (κ3) is 3.85. The molecule has 3 nitrogen and oxygen atoms in total. The zero-order valence-corrected chi connectivity index (χ0v) is 13.9. The molecule has 1 aliphatic carbocycles. The van der Waals surface area contributed by atoms with Crippen LogP contribution in [0.25, 0.3) is 0 Å². The Bertz CT molecular complexity index is 475. The van der Waals surface area contributed by atoms with Gasteiger partial charge in [-0.05, 0) is 57.1 Å². The summed E-state index contributed by atoms with van der Waals surface area (Å²) in [6, 6.07) is 4.34. The van der Waals surface area contributed by atoms with Crippen molar-refractivity contribution in [3.63, 3.8) is 0 Å². The average molecular weight is 306 g/mol. The van der Waals surface area contributed by atoms with Crippen LogP contribution in [0.1, 0.15) is 51.7 Å². The number of aliphatic imine (C=N–C) groups is 1. The minimum absolute atomic E-state index is 0.344. The first-order valence-corrected chi connectivity index (χ1v) is 9.15. The van der Waals surface area contributed by atoms with Gasteiger partial charge in [-0.15, -0.1) is 0 Å². The number of nitrogens with zero attached hydrogens (tertiary/aromatic N) is 1. The minimum Gasteiger partial charge on any atom is -0.469 e. The number of hydrogen-bond acceptors (Lipinski definition) is 3. The Morgan fingerprint density at radius 2 is 2.29 bits per heavy atom. The molecule has 0 bridgehead atoms. The summed E-state index contributed by atoms with van der Waals surface area (Å²) in [6.45, 7) is 4.58. The predicted octanol–water partition coefficient (Wildman–Crippen LogP) is 4.24. The molecular formula is C17H26N2OS. The molecule has 2 heterocycles. The fourth-order valence-corrected chi connectivity index (χ4v) is 4.55. The largest absolute Gasteiger partial charge is 0.469 e. The summed E-state index contributed by atoms with van der Waals surface area (Å²) in [6.07, 6.45) is 9.08. The Balaban J connectivity index is 1.50. The van der Waals surface area contributed by atoms with Gasteiger partial charge in [0.15, 0.2) is 5.17 Å². The Labute approximate surface area is 132 Å². The van der Waals surface area contributed by atoms with E-state index in [2.05, 4.69) is 19.2 Å². The van der Waals surface area contributed by atoms with Gasteiger partial charge >= 0.3 is 0 Å². The summed E-state index contributed by atoms with van der Waals surface area (Å²) >= 11 is 1.92. The Morgan fingerprint density at radius 1 is 1.48 bits per heavy atom. The van der Waals surface area contributed by atoms with Gasteiger partial charge in [0.05, 0.1) is 12.3 Å². The van der Waals surface area contributed by atoms with Crippen molar-refractivity contribution in [2.45, 2.75) is 64.0 Å². The van der Waals surface area contributed by atoms with Crippen molar-refractivity contribution in [3.05, 3.63) is 24.2 Å². The highest BCUT2D eigenvalue weighted by Gasteiger charge is 2.39. The first-order valence-electron chi connectivity index (χ1n) is 8.16. The Hall–Kier alpha value is -0.900. The van der Waals surface area contributed by atoms with Gasteiger partial charge in [-0.25, -0.2) is 0 Å². The number of hydrogen-bond donors (Lipinski definition) is 1. The SMILES string of the molecule is CC1CCC2(CC1)CSC(=NC(C)CCc1ccco1)N2. The zero-order valence-electron chi connectivity index (χ0n) is 13.1. The second-order valence-electron chi connectivity index (χ2n) is 6.78. The van der Waals surface area contributed by atoms with Gasteiger partial charge in [-0.1, -0.05) is 18.7 Å². The molecule has 0 radical (unpaired) electrons. The monoisotopic (exact) mass is 306 g/mol. The van der Waals surface area contributed by atoms with Gasteiger partial charge in [0.25, 0.3) is 0 Å². The summed E-state index contributed by atoms with van der Waals surface area (Å²) in [5.41, 5.74) is 0.344. The normalized spacial score (nSPS) is 32.5. The van der Waals surface area contributed by atoms with Crippen molar-refractivity contribution in [1.82, 2.24) is 5.32 Å². The number of nitrogens with one attached hydrogen (secondary N) is 1. The van der Waals surface area contributed by atoms with Crippen LogP contribution in [0.15, 0.2) is 27.8 Å². The Morgan fingerprint density at radius 3 is 3.00 bits per heavy atom. The molecule has 0 aromatic carbocycles. The average Bonchev–Trinajstić information content (AvgIpc) is 3.11. The number of aryl methyl sites for hydroxylation is 1. The van der Waals surface area contributed by atoms with Crippen LogP contribution in [0.4, 0.5) is 0 Å². The topological polar surface area (TPSA) is 37.5 Å². The molecule has 1 saturated carbocycles. The van der Waals surface area contributed by atoms with Crippen LogP contribution in [-0.2, 0) is 6.42 Å². The van der Waals surface area contributed by atoms with E-state index in [4.69, 9.17) is 9.41 Å². The molecule has 0 amide bonds. The molecule has 3 rings (SSSR count). The molecule has 116 valence electrons. The highest BCUT2D eigenvalue weighted by atomic mass is 32.2. The van der Waals surface area contributed by atoms with Crippen LogP contribution in [0.2, 0.25) is 0 Å². The molecule has 2 fully saturated rings. The molecular weight excluding hydrogens is 280 g/mol. The van der Waals surface area contributed by atoms with Crippen LogP contribution in [0.3, 0.4) is 0 Å². The van der Waals surface area contributed by atoms with Gasteiger partial charge in [0, 0.05) is 17.7 Å². The smallest absolute Gasteiger partial charge is 0.157 e. The van der Waals surface area contributed by atoms with Gasteiger partial charge in [-0.3, -0.25) is 4.99 Å². The lowest BCUT2D eigenvalue weighted by Crippen LogP contribution is -2.46. The molecule has 1 aliphatic heterocycles. The lowest BCUT2D eigenvalue weighted by Gasteiger charge is -2.35. The Kier molecular flexibility index (Phi) is 4.63. The van der Waals surface area contributed by atoms with Gasteiger partial charge in [0.2, 0.25) is 0 Å². The van der Waals surface area contributed by atoms with E-state index in [0.29, 0.717) is 11.6 Å². The van der Waals surface area contributed by atoms with Crippen LogP contribution in [-0.4, -0.2) is 22.5 Å². The molecule has 4 heteroatoms. The first kappa shape index (κ1) is 15.0. The number of amidine groups is 1. The maximum atomic E-state index is 5.38. The maximum absolute atomic E-state index is 5.38. The third-order valence-electron chi connectivity index (χ3n) is 4.81. The molecule has 1 aromatic heterocycles. The number of thioether (sulfide) groups is 1. The maximum Gasteiger partial charge on any atom is 0.157 e. The molecule has 1 atom stereocenters. The van der Waals surface area contributed by atoms with Crippen LogP contribution in [0, 0.1) is 5.92 Å². The summed E-state index contributed by atoms with van der Waals surface area (Å²) in [7, 11) is 0. The minimum atomic E-state index is 0.344. The highest BCUT2D eigenvalue weighted by Crippen LogP contribution is 2.38. The summed E-state index contributed by atoms with van der Waals surface area (Å²) in [5, 5.41) is 4.90. The van der Waals surface area contributed by atoms with Crippen LogP contribution >= 0.6 is 11.8 Å². The van der Waals surface area contributed by atoms with E-state index in [1.165, 1.54) is 31.4 Å². The van der Waals surface area contributed by atoms with Crippen LogP contribution in [0.5, 0.6) is 0 Å². The van der Waals surface area contributed by atoms with Crippen molar-refractivity contribution < 1.29 is 4.42 Å². The van der Waals surface area contributed by atoms with E-state index in [-0.39, 0.29) is 0 Å². The molecule has 21 heavy (non-hydrogen) atoms. The van der Waals surface area contributed by atoms with E-state index in [1.54, 1.807) is 6.26 Å². The standard InChI is InChI=1S/C17H26N2OS/c1-13-7-9-17(10-8-13)12-21-16(19-17)18-14(2)5-6-15-4-3-11-20-15/h3-4,11,13-14H,5-10,12H2,1-2H3,(H,18,19). The summed E-state index contributed by atoms with van der Waals surface area (Å²) in [4.78, 5) is 4.87.